The highest BCUT2D eigenvalue weighted by atomic mass is 16.5. The fourth-order valence-corrected chi connectivity index (χ4v) is 2.46. The van der Waals surface area contributed by atoms with Crippen LogP contribution in [0.2, 0.25) is 0 Å². The number of ether oxygens (including phenoxy) is 1. The Hall–Kier alpha value is -1.30. The minimum atomic E-state index is -0.351. The normalized spacial score (nSPS) is 18.6. The van der Waals surface area contributed by atoms with Crippen molar-refractivity contribution in [3.8, 4) is 0 Å². The average Bonchev–Trinajstić information content (AvgIpc) is 2.47. The van der Waals surface area contributed by atoms with E-state index >= 15 is 0 Å². The molecule has 22 heavy (non-hydrogen) atoms. The molecule has 0 spiro atoms. The van der Waals surface area contributed by atoms with Gasteiger partial charge in [0.1, 0.15) is 0 Å². The number of hydrogen-bond donors (Lipinski definition) is 2. The summed E-state index contributed by atoms with van der Waals surface area (Å²) in [5.74, 6) is 0.0728. The second-order valence-corrected chi connectivity index (χ2v) is 6.58. The Morgan fingerprint density at radius 2 is 1.86 bits per heavy atom. The van der Waals surface area contributed by atoms with Gasteiger partial charge in [-0.2, -0.15) is 0 Å². The zero-order valence-corrected chi connectivity index (χ0v) is 14.6. The lowest BCUT2D eigenvalue weighted by molar-refractivity contribution is -0.128. The van der Waals surface area contributed by atoms with E-state index in [0.717, 1.165) is 32.4 Å². The second kappa shape index (κ2) is 8.36. The third-order valence-electron chi connectivity index (χ3n) is 4.40. The van der Waals surface area contributed by atoms with Gasteiger partial charge in [0.25, 0.3) is 0 Å². The third kappa shape index (κ3) is 5.83. The van der Waals surface area contributed by atoms with Gasteiger partial charge in [0.05, 0.1) is 12.6 Å². The van der Waals surface area contributed by atoms with Crippen molar-refractivity contribution in [2.24, 2.45) is 0 Å². The summed E-state index contributed by atoms with van der Waals surface area (Å²) in [6.45, 7) is 11.9. The van der Waals surface area contributed by atoms with Gasteiger partial charge in [-0.15, -0.1) is 0 Å². The molecule has 0 radical (unpaired) electrons. The van der Waals surface area contributed by atoms with Crippen molar-refractivity contribution in [1.29, 1.82) is 0 Å². The highest BCUT2D eigenvalue weighted by Gasteiger charge is 2.29. The Kier molecular flexibility index (Phi) is 7.13. The summed E-state index contributed by atoms with van der Waals surface area (Å²) in [6, 6.07) is -0.00740. The number of amides is 2. The first-order valence-electron chi connectivity index (χ1n) is 8.28. The molecule has 2 N–H and O–H groups in total. The molecule has 128 valence electrons. The monoisotopic (exact) mass is 313 g/mol. The number of carbonyl (C=O) groups excluding carboxylic acids is 2. The van der Waals surface area contributed by atoms with E-state index in [4.69, 9.17) is 4.74 Å². The highest BCUT2D eigenvalue weighted by molar-refractivity contribution is 5.82. The van der Waals surface area contributed by atoms with E-state index in [2.05, 4.69) is 22.5 Å². The first-order chi connectivity index (χ1) is 10.3. The summed E-state index contributed by atoms with van der Waals surface area (Å²) in [5, 5.41) is 5.96. The number of alkyl carbamates (subject to hydrolysis) is 1. The van der Waals surface area contributed by atoms with Gasteiger partial charge in [0.2, 0.25) is 5.91 Å². The van der Waals surface area contributed by atoms with Crippen LogP contribution < -0.4 is 10.6 Å². The van der Waals surface area contributed by atoms with Crippen molar-refractivity contribution in [3.63, 3.8) is 0 Å². The largest absolute Gasteiger partial charge is 0.450 e. The molecule has 2 amide bonds. The number of nitrogens with one attached hydrogen (secondary N) is 2. The molecule has 0 aromatic carbocycles. The molecule has 1 atom stereocenters. The summed E-state index contributed by atoms with van der Waals surface area (Å²) in [5.41, 5.74) is -0.171. The maximum absolute atomic E-state index is 12.3. The van der Waals surface area contributed by atoms with E-state index in [1.54, 1.807) is 6.92 Å². The minimum absolute atomic E-state index is 0.0728. The molecule has 0 saturated carbocycles. The Labute approximate surface area is 134 Å². The topological polar surface area (TPSA) is 70.7 Å². The molecule has 1 rings (SSSR count). The Balaban J connectivity index is 2.40. The average molecular weight is 313 g/mol. The maximum atomic E-state index is 12.3. The summed E-state index contributed by atoms with van der Waals surface area (Å²) in [6.07, 6.45) is 2.23. The van der Waals surface area contributed by atoms with Crippen molar-refractivity contribution >= 4 is 12.0 Å². The van der Waals surface area contributed by atoms with E-state index in [1.165, 1.54) is 0 Å². The summed E-state index contributed by atoms with van der Waals surface area (Å²) < 4.78 is 4.90. The van der Waals surface area contributed by atoms with Crippen molar-refractivity contribution in [3.05, 3.63) is 0 Å². The Bertz CT molecular complexity index is 377. The van der Waals surface area contributed by atoms with E-state index in [9.17, 15) is 9.59 Å². The van der Waals surface area contributed by atoms with Gasteiger partial charge in [0, 0.05) is 24.7 Å². The molecule has 1 aliphatic rings. The first kappa shape index (κ1) is 18.7. The lowest BCUT2D eigenvalue weighted by Crippen LogP contribution is -2.55. The highest BCUT2D eigenvalue weighted by Crippen LogP contribution is 2.15. The SMILES string of the molecule is CCOC(=O)NC1CCN(C(C)C(=O)NC(C)(C)CC)CC1. The smallest absolute Gasteiger partial charge is 0.407 e. The second-order valence-electron chi connectivity index (χ2n) is 6.58. The quantitative estimate of drug-likeness (QED) is 0.785. The zero-order valence-electron chi connectivity index (χ0n) is 14.6. The van der Waals surface area contributed by atoms with Gasteiger partial charge in [0.15, 0.2) is 0 Å². The molecule has 1 fully saturated rings. The molecule has 1 aliphatic heterocycles. The number of likely N-dealkylation sites (tertiary alicyclic amines) is 1. The number of carbonyl (C=O) groups is 2. The number of hydrogen-bond acceptors (Lipinski definition) is 4. The molecule has 1 heterocycles. The minimum Gasteiger partial charge on any atom is -0.450 e. The van der Waals surface area contributed by atoms with Gasteiger partial charge >= 0.3 is 6.09 Å². The van der Waals surface area contributed by atoms with Crippen LogP contribution in [0.15, 0.2) is 0 Å². The van der Waals surface area contributed by atoms with Gasteiger partial charge in [-0.1, -0.05) is 6.92 Å². The molecule has 6 heteroatoms. The number of piperidine rings is 1. The van der Waals surface area contributed by atoms with Crippen LogP contribution in [0.4, 0.5) is 4.79 Å². The third-order valence-corrected chi connectivity index (χ3v) is 4.40. The van der Waals surface area contributed by atoms with Gasteiger partial charge in [-0.05, 0) is 47.0 Å². The van der Waals surface area contributed by atoms with Crippen molar-refractivity contribution in [1.82, 2.24) is 15.5 Å². The fraction of sp³-hybridized carbons (Fsp3) is 0.875. The number of nitrogens with zero attached hydrogens (tertiary/aromatic N) is 1. The molecular weight excluding hydrogens is 282 g/mol. The van der Waals surface area contributed by atoms with Crippen LogP contribution in [-0.4, -0.2) is 54.2 Å². The van der Waals surface area contributed by atoms with Crippen LogP contribution in [0.25, 0.3) is 0 Å². The van der Waals surface area contributed by atoms with Gasteiger partial charge < -0.3 is 15.4 Å². The van der Waals surface area contributed by atoms with E-state index in [0.29, 0.717) is 6.61 Å². The van der Waals surface area contributed by atoms with E-state index in [1.807, 2.05) is 20.8 Å². The predicted octanol–water partition coefficient (Wildman–Crippen LogP) is 1.89. The molecule has 1 unspecified atom stereocenters. The number of rotatable bonds is 6. The van der Waals surface area contributed by atoms with Crippen molar-refractivity contribution in [2.75, 3.05) is 19.7 Å². The van der Waals surface area contributed by atoms with Crippen molar-refractivity contribution in [2.45, 2.75) is 71.5 Å². The summed E-state index contributed by atoms with van der Waals surface area (Å²) in [4.78, 5) is 25.9. The molecule has 1 saturated heterocycles. The summed E-state index contributed by atoms with van der Waals surface area (Å²) >= 11 is 0. The van der Waals surface area contributed by atoms with E-state index in [-0.39, 0.29) is 29.6 Å². The van der Waals surface area contributed by atoms with Crippen LogP contribution in [0.3, 0.4) is 0 Å². The van der Waals surface area contributed by atoms with E-state index < -0.39 is 0 Å². The summed E-state index contributed by atoms with van der Waals surface area (Å²) in [7, 11) is 0. The molecule has 6 nitrogen and oxygen atoms in total. The Morgan fingerprint density at radius 3 is 2.36 bits per heavy atom. The fourth-order valence-electron chi connectivity index (χ4n) is 2.46. The molecule has 0 aromatic heterocycles. The molecular formula is C16H31N3O3. The van der Waals surface area contributed by atoms with Crippen LogP contribution in [-0.2, 0) is 9.53 Å². The predicted molar refractivity (Wildman–Crippen MR) is 86.7 cm³/mol. The standard InChI is InChI=1S/C16H31N3O3/c1-6-16(4,5)18-14(20)12(3)19-10-8-13(9-11-19)17-15(21)22-7-2/h12-13H,6-11H2,1-5H3,(H,17,21)(H,18,20). The maximum Gasteiger partial charge on any atom is 0.407 e. The van der Waals surface area contributed by atoms with Crippen LogP contribution >= 0.6 is 0 Å². The van der Waals surface area contributed by atoms with Crippen LogP contribution in [0.5, 0.6) is 0 Å². The molecule has 0 aromatic rings. The molecule has 0 bridgehead atoms. The lowest BCUT2D eigenvalue weighted by atomic mass is 10.00. The Morgan fingerprint density at radius 1 is 1.27 bits per heavy atom. The molecule has 0 aliphatic carbocycles. The van der Waals surface area contributed by atoms with Crippen molar-refractivity contribution < 1.29 is 14.3 Å². The zero-order chi connectivity index (χ0) is 16.8. The lowest BCUT2D eigenvalue weighted by Gasteiger charge is -2.36. The van der Waals surface area contributed by atoms with Gasteiger partial charge in [-0.25, -0.2) is 4.79 Å². The van der Waals surface area contributed by atoms with Crippen LogP contribution in [0.1, 0.15) is 53.9 Å². The van der Waals surface area contributed by atoms with Gasteiger partial charge in [-0.3, -0.25) is 9.69 Å². The van der Waals surface area contributed by atoms with Crippen LogP contribution in [0, 0.1) is 0 Å². The first-order valence-corrected chi connectivity index (χ1v) is 8.28.